The second kappa shape index (κ2) is 6.19. The highest BCUT2D eigenvalue weighted by atomic mass is 31.1. The lowest BCUT2D eigenvalue weighted by molar-refractivity contribution is 0.268. The molecule has 0 aromatic heterocycles. The molecule has 0 aliphatic carbocycles. The lowest BCUT2D eigenvalue weighted by Gasteiger charge is -2.35. The maximum absolute atomic E-state index is 11.8. The summed E-state index contributed by atoms with van der Waals surface area (Å²) in [7, 11) is -1.15. The fourth-order valence-corrected chi connectivity index (χ4v) is 3.77. The maximum Gasteiger partial charge on any atom is 0.154 e. The Balaban J connectivity index is 2.42. The largest absolute Gasteiger partial charge is 0.353 e. The SMILES string of the molecule is C=[PH](OC)N1CCN([PH](=O)C(C)N)CC1. The van der Waals surface area contributed by atoms with Crippen LogP contribution < -0.4 is 5.73 Å². The van der Waals surface area contributed by atoms with Crippen molar-refractivity contribution in [3.05, 3.63) is 0 Å². The van der Waals surface area contributed by atoms with Crippen LogP contribution >= 0.6 is 15.9 Å². The summed E-state index contributed by atoms with van der Waals surface area (Å²) >= 11 is 0. The van der Waals surface area contributed by atoms with Gasteiger partial charge in [-0.25, -0.2) is 0 Å². The van der Waals surface area contributed by atoms with Crippen LogP contribution in [0.15, 0.2) is 0 Å². The third-order valence-electron chi connectivity index (χ3n) is 2.57. The van der Waals surface area contributed by atoms with E-state index in [2.05, 4.69) is 11.0 Å². The summed E-state index contributed by atoms with van der Waals surface area (Å²) in [6.07, 6.45) is 3.98. The molecule has 0 spiro atoms. The van der Waals surface area contributed by atoms with Crippen LogP contribution in [-0.4, -0.2) is 54.7 Å². The topological polar surface area (TPSA) is 58.8 Å². The number of hydrogen-bond donors (Lipinski definition) is 1. The van der Waals surface area contributed by atoms with Crippen LogP contribution in [0.4, 0.5) is 0 Å². The highest BCUT2D eigenvalue weighted by molar-refractivity contribution is 7.48. The van der Waals surface area contributed by atoms with Gasteiger partial charge in [0.05, 0.1) is 13.7 Å². The normalized spacial score (nSPS) is 26.1. The smallest absolute Gasteiger partial charge is 0.154 e. The van der Waals surface area contributed by atoms with Gasteiger partial charge in [-0.05, 0) is 6.92 Å². The quantitative estimate of drug-likeness (QED) is 0.740. The molecule has 3 atom stereocenters. The van der Waals surface area contributed by atoms with Gasteiger partial charge < -0.3 is 14.8 Å². The van der Waals surface area contributed by atoms with Crippen molar-refractivity contribution in [3.63, 3.8) is 0 Å². The van der Waals surface area contributed by atoms with Crippen molar-refractivity contribution >= 4 is 22.2 Å². The maximum atomic E-state index is 11.8. The number of hydrogen-bond acceptors (Lipinski definition) is 4. The van der Waals surface area contributed by atoms with Crippen molar-refractivity contribution < 1.29 is 9.09 Å². The summed E-state index contributed by atoms with van der Waals surface area (Å²) in [5.41, 5.74) is 5.63. The lowest BCUT2D eigenvalue weighted by atomic mass is 10.4. The molecular weight excluding hydrogens is 232 g/mol. The minimum Gasteiger partial charge on any atom is -0.353 e. The Morgan fingerprint density at radius 2 is 1.80 bits per heavy atom. The summed E-state index contributed by atoms with van der Waals surface area (Å²) in [4.78, 5) is 0. The second-order valence-corrected chi connectivity index (χ2v) is 7.75. The second-order valence-electron chi connectivity index (χ2n) is 3.70. The van der Waals surface area contributed by atoms with Crippen molar-refractivity contribution in [1.29, 1.82) is 0 Å². The fraction of sp³-hybridized carbons (Fsp3) is 0.875. The van der Waals surface area contributed by atoms with E-state index in [1.165, 1.54) is 0 Å². The molecule has 1 saturated heterocycles. The van der Waals surface area contributed by atoms with Crippen LogP contribution in [0.5, 0.6) is 0 Å². The fourth-order valence-electron chi connectivity index (χ4n) is 1.59. The zero-order valence-corrected chi connectivity index (χ0v) is 11.4. The predicted octanol–water partition coefficient (Wildman–Crippen LogP) is 0.506. The molecule has 0 bridgehead atoms. The first kappa shape index (κ1) is 13.4. The third kappa shape index (κ3) is 3.70. The highest BCUT2D eigenvalue weighted by Crippen LogP contribution is 2.34. The number of piperazine rings is 1. The van der Waals surface area contributed by atoms with E-state index < -0.39 is 15.9 Å². The van der Waals surface area contributed by atoms with E-state index >= 15 is 0 Å². The Labute approximate surface area is 92.9 Å². The Hall–Kier alpha value is 0.370. The van der Waals surface area contributed by atoms with E-state index in [0.29, 0.717) is 0 Å². The molecule has 1 aliphatic rings. The molecule has 0 amide bonds. The molecule has 15 heavy (non-hydrogen) atoms. The summed E-state index contributed by atoms with van der Waals surface area (Å²) in [6.45, 7) is 5.20. The van der Waals surface area contributed by atoms with Gasteiger partial charge in [0.25, 0.3) is 0 Å². The van der Waals surface area contributed by atoms with Gasteiger partial charge in [-0.3, -0.25) is 9.34 Å². The minimum absolute atomic E-state index is 0.214. The Bertz CT molecular complexity index is 252. The van der Waals surface area contributed by atoms with E-state index in [0.717, 1.165) is 26.2 Å². The first-order valence-electron chi connectivity index (χ1n) is 5.08. The predicted molar refractivity (Wildman–Crippen MR) is 68.2 cm³/mol. The molecule has 1 heterocycles. The standard InChI is InChI=1S/C8H21N3O2P2/c1-8(9)15(12)11-6-4-10(5-7-11)14(3)13-2/h8,14-15H,3-7,9H2,1-2H3. The molecule has 7 heteroatoms. The molecule has 1 rings (SSSR count). The molecule has 90 valence electrons. The zero-order valence-electron chi connectivity index (χ0n) is 9.40. The molecule has 5 nitrogen and oxygen atoms in total. The molecule has 0 aromatic carbocycles. The molecule has 3 unspecified atom stereocenters. The van der Waals surface area contributed by atoms with Gasteiger partial charge in [-0.15, -0.1) is 0 Å². The van der Waals surface area contributed by atoms with Crippen LogP contribution in [-0.2, 0) is 9.09 Å². The van der Waals surface area contributed by atoms with Crippen LogP contribution in [0.1, 0.15) is 6.92 Å². The summed E-state index contributed by atoms with van der Waals surface area (Å²) in [5.74, 6) is -0.214. The Morgan fingerprint density at radius 3 is 2.20 bits per heavy atom. The minimum atomic E-state index is -1.78. The van der Waals surface area contributed by atoms with Gasteiger partial charge in [0.2, 0.25) is 0 Å². The van der Waals surface area contributed by atoms with Crippen LogP contribution in [0.3, 0.4) is 0 Å². The van der Waals surface area contributed by atoms with Gasteiger partial charge in [-0.1, -0.05) is 6.30 Å². The molecule has 0 saturated carbocycles. The van der Waals surface area contributed by atoms with E-state index in [1.807, 2.05) is 4.67 Å². The van der Waals surface area contributed by atoms with Crippen molar-refractivity contribution in [3.8, 4) is 0 Å². The number of rotatable bonds is 4. The van der Waals surface area contributed by atoms with Crippen LogP contribution in [0.25, 0.3) is 0 Å². The average Bonchev–Trinajstić information content (AvgIpc) is 2.27. The Kier molecular flexibility index (Phi) is 5.54. The Morgan fingerprint density at radius 1 is 1.33 bits per heavy atom. The first-order chi connectivity index (χ1) is 7.06. The van der Waals surface area contributed by atoms with Crippen molar-refractivity contribution in [2.45, 2.75) is 12.7 Å². The zero-order chi connectivity index (χ0) is 11.4. The molecule has 0 radical (unpaired) electrons. The van der Waals surface area contributed by atoms with E-state index in [1.54, 1.807) is 14.0 Å². The van der Waals surface area contributed by atoms with Crippen molar-refractivity contribution in [2.75, 3.05) is 33.3 Å². The molecule has 2 N–H and O–H groups in total. The van der Waals surface area contributed by atoms with Crippen molar-refractivity contribution in [1.82, 2.24) is 9.34 Å². The third-order valence-corrected chi connectivity index (χ3v) is 6.04. The van der Waals surface area contributed by atoms with Crippen LogP contribution in [0.2, 0.25) is 0 Å². The average molecular weight is 253 g/mol. The van der Waals surface area contributed by atoms with Gasteiger partial charge in [0.15, 0.2) is 7.95 Å². The summed E-state index contributed by atoms with van der Waals surface area (Å²) in [6, 6.07) is 0. The monoisotopic (exact) mass is 253 g/mol. The summed E-state index contributed by atoms with van der Waals surface area (Å²) in [5, 5.41) is 0. The molecule has 0 aromatic rings. The first-order valence-corrected chi connectivity index (χ1v) is 8.08. The van der Waals surface area contributed by atoms with Gasteiger partial charge in [0, 0.05) is 33.3 Å². The van der Waals surface area contributed by atoms with Gasteiger partial charge in [-0.2, -0.15) is 0 Å². The van der Waals surface area contributed by atoms with Crippen LogP contribution in [0, 0.1) is 0 Å². The lowest BCUT2D eigenvalue weighted by Crippen LogP contribution is -2.41. The molecule has 1 fully saturated rings. The number of nitrogens with zero attached hydrogens (tertiary/aromatic N) is 2. The van der Waals surface area contributed by atoms with E-state index in [-0.39, 0.29) is 5.78 Å². The van der Waals surface area contributed by atoms with E-state index in [9.17, 15) is 4.57 Å². The number of nitrogens with two attached hydrogens (primary N) is 1. The van der Waals surface area contributed by atoms with E-state index in [4.69, 9.17) is 10.3 Å². The van der Waals surface area contributed by atoms with Gasteiger partial charge in [0.1, 0.15) is 0 Å². The highest BCUT2D eigenvalue weighted by Gasteiger charge is 2.23. The molecule has 1 aliphatic heterocycles. The van der Waals surface area contributed by atoms with Crippen molar-refractivity contribution in [2.24, 2.45) is 5.73 Å². The molecular formula is C8H21N3O2P2. The summed E-state index contributed by atoms with van der Waals surface area (Å²) < 4.78 is 21.2. The van der Waals surface area contributed by atoms with Gasteiger partial charge >= 0.3 is 0 Å².